The average Bonchev–Trinajstić information content (AvgIpc) is 2.79. The fraction of sp³-hybridized carbons (Fsp3) is 0.875. The van der Waals surface area contributed by atoms with Crippen LogP contribution in [0.25, 0.3) is 0 Å². The molecule has 0 spiro atoms. The van der Waals surface area contributed by atoms with Gasteiger partial charge in [0.05, 0.1) is 13.2 Å². The van der Waals surface area contributed by atoms with E-state index >= 15 is 0 Å². The molecule has 0 aliphatic carbocycles. The minimum Gasteiger partial charge on any atom is -0.394 e. The first-order valence-corrected chi connectivity index (χ1v) is 7.26. The van der Waals surface area contributed by atoms with Crippen molar-refractivity contribution in [1.29, 1.82) is 0 Å². The number of ether oxygens (including phenoxy) is 2. The van der Waals surface area contributed by atoms with Crippen molar-refractivity contribution in [1.82, 2.24) is 0 Å². The zero-order valence-corrected chi connectivity index (χ0v) is 9.10. The average molecular weight is 189 g/mol. The Labute approximate surface area is 75.7 Å². The predicted octanol–water partition coefficient (Wildman–Crippen LogP) is 1.30. The maximum Gasteiger partial charge on any atom is 0.177 e. The molecule has 3 nitrogen and oxygen atoms in total. The Hall–Kier alpha value is 0.0969. The van der Waals surface area contributed by atoms with Crippen LogP contribution in [0.1, 0.15) is 13.3 Å². The van der Waals surface area contributed by atoms with Crippen molar-refractivity contribution in [3.05, 3.63) is 6.61 Å². The molecule has 0 aromatic rings. The van der Waals surface area contributed by atoms with Gasteiger partial charge in [-0.05, 0) is 19.5 Å². The first-order chi connectivity index (χ1) is 5.74. The lowest BCUT2D eigenvalue weighted by molar-refractivity contribution is -0.0698. The second kappa shape index (κ2) is 4.96. The molecular weight excluding hydrogens is 172 g/mol. The number of rotatable bonds is 6. The van der Waals surface area contributed by atoms with Crippen molar-refractivity contribution in [2.45, 2.75) is 38.8 Å². The molecule has 1 aliphatic heterocycles. The van der Waals surface area contributed by atoms with Gasteiger partial charge in [-0.15, -0.1) is 0 Å². The van der Waals surface area contributed by atoms with Gasteiger partial charge in [-0.2, -0.15) is 0 Å². The third-order valence-electron chi connectivity index (χ3n) is 1.47. The molecule has 1 radical (unpaired) electrons. The molecule has 0 bridgehead atoms. The van der Waals surface area contributed by atoms with E-state index in [2.05, 4.69) is 13.1 Å². The van der Waals surface area contributed by atoms with E-state index in [1.54, 1.807) is 6.61 Å². The second-order valence-electron chi connectivity index (χ2n) is 3.14. The van der Waals surface area contributed by atoms with Crippen LogP contribution in [0.2, 0.25) is 13.1 Å². The molecule has 2 unspecified atom stereocenters. The van der Waals surface area contributed by atoms with E-state index in [1.807, 2.05) is 6.92 Å². The monoisotopic (exact) mass is 189 g/mol. The maximum atomic E-state index is 5.64. The summed E-state index contributed by atoms with van der Waals surface area (Å²) in [6.45, 7) is 8.86. The Balaban J connectivity index is 2.18. The molecule has 2 atom stereocenters. The third-order valence-corrected chi connectivity index (χ3v) is 2.28. The van der Waals surface area contributed by atoms with E-state index in [0.717, 1.165) is 13.0 Å². The lowest BCUT2D eigenvalue weighted by Crippen LogP contribution is -2.27. The summed E-state index contributed by atoms with van der Waals surface area (Å²) in [6.07, 6.45) is 0.950. The van der Waals surface area contributed by atoms with E-state index in [-0.39, 0.29) is 12.4 Å². The van der Waals surface area contributed by atoms with Crippen molar-refractivity contribution in [3.63, 3.8) is 0 Å². The summed E-state index contributed by atoms with van der Waals surface area (Å²) in [5, 5.41) is 0. The molecule has 4 heteroatoms. The number of epoxide rings is 1. The molecule has 0 N–H and O–H groups in total. The minimum absolute atomic E-state index is 0.142. The van der Waals surface area contributed by atoms with E-state index < -0.39 is 9.04 Å². The normalized spacial score (nSPS) is 24.5. The summed E-state index contributed by atoms with van der Waals surface area (Å²) in [6, 6.07) is 0. The van der Waals surface area contributed by atoms with Crippen molar-refractivity contribution in [2.24, 2.45) is 0 Å². The summed E-state index contributed by atoms with van der Waals surface area (Å²) >= 11 is 0. The summed E-state index contributed by atoms with van der Waals surface area (Å²) in [5.41, 5.74) is 0. The van der Waals surface area contributed by atoms with Crippen LogP contribution in [-0.4, -0.2) is 28.0 Å². The van der Waals surface area contributed by atoms with Gasteiger partial charge in [0.2, 0.25) is 0 Å². The second-order valence-corrected chi connectivity index (χ2v) is 5.51. The van der Waals surface area contributed by atoms with Crippen molar-refractivity contribution in [2.75, 3.05) is 6.61 Å². The smallest absolute Gasteiger partial charge is 0.177 e. The summed E-state index contributed by atoms with van der Waals surface area (Å²) < 4.78 is 16.1. The van der Waals surface area contributed by atoms with E-state index in [1.165, 1.54) is 0 Å². The van der Waals surface area contributed by atoms with Gasteiger partial charge in [0, 0.05) is 0 Å². The van der Waals surface area contributed by atoms with Gasteiger partial charge in [0.15, 0.2) is 15.3 Å². The van der Waals surface area contributed by atoms with Crippen molar-refractivity contribution in [3.8, 4) is 0 Å². The molecule has 0 saturated carbocycles. The predicted molar refractivity (Wildman–Crippen MR) is 49.2 cm³/mol. The fourth-order valence-electron chi connectivity index (χ4n) is 0.879. The summed E-state index contributed by atoms with van der Waals surface area (Å²) in [4.78, 5) is 0. The molecule has 0 aromatic carbocycles. The number of hydrogen-bond acceptors (Lipinski definition) is 3. The van der Waals surface area contributed by atoms with Gasteiger partial charge in [0.1, 0.15) is 6.10 Å². The van der Waals surface area contributed by atoms with Crippen LogP contribution in [0.3, 0.4) is 0 Å². The molecule has 0 amide bonds. The first-order valence-electron chi connectivity index (χ1n) is 4.48. The van der Waals surface area contributed by atoms with Crippen LogP contribution in [0.5, 0.6) is 0 Å². The van der Waals surface area contributed by atoms with Crippen molar-refractivity contribution >= 4 is 9.04 Å². The van der Waals surface area contributed by atoms with Gasteiger partial charge in [-0.1, -0.05) is 6.92 Å². The van der Waals surface area contributed by atoms with Gasteiger partial charge < -0.3 is 13.9 Å². The van der Waals surface area contributed by atoms with Gasteiger partial charge in [-0.25, -0.2) is 0 Å². The largest absolute Gasteiger partial charge is 0.394 e. The summed E-state index contributed by atoms with van der Waals surface area (Å²) in [7, 11) is -1.01. The van der Waals surface area contributed by atoms with Crippen molar-refractivity contribution < 1.29 is 13.9 Å². The topological polar surface area (TPSA) is 31.0 Å². The Bertz CT molecular complexity index is 125. The highest BCUT2D eigenvalue weighted by molar-refractivity contribution is 6.48. The van der Waals surface area contributed by atoms with E-state index in [4.69, 9.17) is 13.9 Å². The molecule has 71 valence electrons. The SMILES string of the molecule is CC[CH]OC(O[SiH](C)C)C1CO1. The van der Waals surface area contributed by atoms with Gasteiger partial charge in [0.25, 0.3) is 0 Å². The van der Waals surface area contributed by atoms with Crippen LogP contribution in [0.15, 0.2) is 0 Å². The highest BCUT2D eigenvalue weighted by Gasteiger charge is 2.34. The lowest BCUT2D eigenvalue weighted by Gasteiger charge is -2.18. The molecule has 1 heterocycles. The zero-order valence-electron chi connectivity index (χ0n) is 7.95. The standard InChI is InChI=1S/C8H17O3Si/c1-4-5-9-8(7-6-10-7)11-12(2)3/h5,7-8,12H,4,6H2,1-3H3. The zero-order chi connectivity index (χ0) is 8.97. The van der Waals surface area contributed by atoms with E-state index in [9.17, 15) is 0 Å². The Morgan fingerprint density at radius 1 is 1.67 bits per heavy atom. The fourth-order valence-corrected chi connectivity index (χ4v) is 1.66. The molecule has 0 aromatic heterocycles. The van der Waals surface area contributed by atoms with Crippen LogP contribution in [0.4, 0.5) is 0 Å². The summed E-state index contributed by atoms with van der Waals surface area (Å²) in [5.74, 6) is 0. The maximum absolute atomic E-state index is 5.64. The highest BCUT2D eigenvalue weighted by Crippen LogP contribution is 2.19. The first kappa shape index (κ1) is 10.2. The molecular formula is C8H17O3Si. The third kappa shape index (κ3) is 3.67. The number of hydrogen-bond donors (Lipinski definition) is 0. The minimum atomic E-state index is -1.01. The van der Waals surface area contributed by atoms with Gasteiger partial charge >= 0.3 is 0 Å². The van der Waals surface area contributed by atoms with Crippen LogP contribution < -0.4 is 0 Å². The highest BCUT2D eigenvalue weighted by atomic mass is 28.3. The molecule has 1 fully saturated rings. The lowest BCUT2D eigenvalue weighted by atomic mass is 10.4. The molecule has 1 rings (SSSR count). The molecule has 1 saturated heterocycles. The van der Waals surface area contributed by atoms with Crippen LogP contribution >= 0.6 is 0 Å². The van der Waals surface area contributed by atoms with E-state index in [0.29, 0.717) is 0 Å². The Kier molecular flexibility index (Phi) is 4.21. The Morgan fingerprint density at radius 3 is 2.75 bits per heavy atom. The Morgan fingerprint density at radius 2 is 2.33 bits per heavy atom. The van der Waals surface area contributed by atoms with Gasteiger partial charge in [-0.3, -0.25) is 0 Å². The molecule has 1 aliphatic rings. The molecule has 12 heavy (non-hydrogen) atoms. The van der Waals surface area contributed by atoms with Crippen LogP contribution in [-0.2, 0) is 13.9 Å². The quantitative estimate of drug-likeness (QED) is 0.358. The van der Waals surface area contributed by atoms with Crippen LogP contribution in [0, 0.1) is 6.61 Å².